The zero-order valence-corrected chi connectivity index (χ0v) is 16.0. The highest BCUT2D eigenvalue weighted by molar-refractivity contribution is 6.32. The van der Waals surface area contributed by atoms with Crippen LogP contribution in [0.15, 0.2) is 57.5 Å². The first-order valence-corrected chi connectivity index (χ1v) is 9.36. The molecule has 2 heterocycles. The van der Waals surface area contributed by atoms with Gasteiger partial charge in [-0.05, 0) is 36.8 Å². The normalized spacial score (nSPS) is 18.9. The van der Waals surface area contributed by atoms with Crippen LogP contribution in [-0.4, -0.2) is 5.78 Å². The van der Waals surface area contributed by atoms with E-state index in [-0.39, 0.29) is 28.9 Å². The first-order valence-electron chi connectivity index (χ1n) is 8.98. The lowest BCUT2D eigenvalue weighted by atomic mass is 9.80. The van der Waals surface area contributed by atoms with Crippen LogP contribution in [0.4, 0.5) is 4.39 Å². The zero-order valence-electron chi connectivity index (χ0n) is 15.2. The number of allylic oxidation sites excluding steroid dienone is 3. The summed E-state index contributed by atoms with van der Waals surface area (Å²) in [5.41, 5.74) is 6.48. The van der Waals surface area contributed by atoms with Crippen molar-refractivity contribution in [1.82, 2.24) is 0 Å². The summed E-state index contributed by atoms with van der Waals surface area (Å²) in [5, 5.41) is 9.71. The Bertz CT molecular complexity index is 1100. The van der Waals surface area contributed by atoms with Crippen molar-refractivity contribution in [3.8, 4) is 11.8 Å². The van der Waals surface area contributed by atoms with Gasteiger partial charge in [-0.15, -0.1) is 0 Å². The molecule has 0 fully saturated rings. The quantitative estimate of drug-likeness (QED) is 0.792. The molecule has 1 aromatic heterocycles. The molecule has 6 nitrogen and oxygen atoms in total. The number of nitriles is 1. The summed E-state index contributed by atoms with van der Waals surface area (Å²) in [6.07, 6.45) is 1.64. The van der Waals surface area contributed by atoms with E-state index in [4.69, 9.17) is 31.2 Å². The first-order chi connectivity index (χ1) is 14.0. The molecule has 1 aliphatic heterocycles. The Kier molecular flexibility index (Phi) is 5.03. The lowest BCUT2D eigenvalue weighted by Crippen LogP contribution is -2.27. The molecular formula is C21H16ClFN2O4. The van der Waals surface area contributed by atoms with Crippen LogP contribution in [-0.2, 0) is 16.1 Å². The van der Waals surface area contributed by atoms with Crippen LogP contribution in [0.5, 0.6) is 5.75 Å². The predicted molar refractivity (Wildman–Crippen MR) is 101 cm³/mol. The van der Waals surface area contributed by atoms with Gasteiger partial charge in [0.2, 0.25) is 5.88 Å². The molecule has 29 heavy (non-hydrogen) atoms. The Balaban J connectivity index is 1.61. The van der Waals surface area contributed by atoms with E-state index in [1.165, 1.54) is 12.1 Å². The number of ether oxygens (including phenoxy) is 2. The third kappa shape index (κ3) is 3.59. The predicted octanol–water partition coefficient (Wildman–Crippen LogP) is 4.47. The van der Waals surface area contributed by atoms with E-state index in [1.54, 1.807) is 12.1 Å². The van der Waals surface area contributed by atoms with Crippen LogP contribution in [0.25, 0.3) is 0 Å². The lowest BCUT2D eigenvalue weighted by Gasteiger charge is -2.29. The van der Waals surface area contributed by atoms with Crippen molar-refractivity contribution in [3.05, 3.63) is 75.5 Å². The van der Waals surface area contributed by atoms with Crippen LogP contribution < -0.4 is 10.5 Å². The topological polar surface area (TPSA) is 98.5 Å². The second-order valence-corrected chi connectivity index (χ2v) is 7.11. The highest BCUT2D eigenvalue weighted by Crippen LogP contribution is 2.43. The van der Waals surface area contributed by atoms with Gasteiger partial charge in [-0.1, -0.05) is 11.6 Å². The van der Waals surface area contributed by atoms with Gasteiger partial charge in [-0.2, -0.15) is 5.26 Å². The number of rotatable bonds is 4. The molecule has 1 aliphatic carbocycles. The number of hydrogen-bond donors (Lipinski definition) is 1. The summed E-state index contributed by atoms with van der Waals surface area (Å²) < 4.78 is 30.1. The van der Waals surface area contributed by atoms with E-state index in [2.05, 4.69) is 0 Å². The molecule has 0 spiro atoms. The maximum absolute atomic E-state index is 13.1. The van der Waals surface area contributed by atoms with Crippen LogP contribution in [0.3, 0.4) is 0 Å². The zero-order chi connectivity index (χ0) is 20.5. The fourth-order valence-corrected chi connectivity index (χ4v) is 3.73. The van der Waals surface area contributed by atoms with Gasteiger partial charge in [0.05, 0.1) is 10.9 Å². The number of Topliss-reactive ketones (excluding diaryl/α,β-unsaturated/α-hetero) is 1. The first kappa shape index (κ1) is 19.1. The molecule has 1 atom stereocenters. The van der Waals surface area contributed by atoms with Crippen LogP contribution in [0.2, 0.25) is 5.02 Å². The molecule has 1 unspecified atom stereocenters. The van der Waals surface area contributed by atoms with E-state index < -0.39 is 11.7 Å². The minimum atomic E-state index is -0.709. The van der Waals surface area contributed by atoms with Crippen molar-refractivity contribution in [3.63, 3.8) is 0 Å². The second-order valence-electron chi connectivity index (χ2n) is 6.71. The molecule has 2 N–H and O–H groups in total. The maximum atomic E-state index is 13.1. The number of nitrogens with two attached hydrogens (primary N) is 1. The molecule has 0 radical (unpaired) electrons. The molecule has 2 aliphatic rings. The summed E-state index contributed by atoms with van der Waals surface area (Å²) in [5.74, 6) is 0.396. The van der Waals surface area contributed by atoms with Gasteiger partial charge in [-0.25, -0.2) is 4.39 Å². The fourth-order valence-electron chi connectivity index (χ4n) is 3.51. The molecule has 0 bridgehead atoms. The minimum absolute atomic E-state index is 0.0155. The van der Waals surface area contributed by atoms with Crippen molar-refractivity contribution in [1.29, 1.82) is 5.26 Å². The van der Waals surface area contributed by atoms with Crippen LogP contribution in [0, 0.1) is 17.1 Å². The van der Waals surface area contributed by atoms with Crippen molar-refractivity contribution < 1.29 is 23.1 Å². The molecule has 0 saturated heterocycles. The van der Waals surface area contributed by atoms with Gasteiger partial charge in [0.15, 0.2) is 5.78 Å². The van der Waals surface area contributed by atoms with Gasteiger partial charge in [0.1, 0.15) is 47.1 Å². The Hall–Kier alpha value is -3.24. The van der Waals surface area contributed by atoms with Crippen molar-refractivity contribution in [2.45, 2.75) is 31.8 Å². The average molecular weight is 415 g/mol. The third-order valence-corrected chi connectivity index (χ3v) is 5.13. The molecule has 0 amide bonds. The Labute approximate surface area is 170 Å². The number of furan rings is 1. The van der Waals surface area contributed by atoms with E-state index >= 15 is 0 Å². The average Bonchev–Trinajstić information content (AvgIpc) is 3.15. The second kappa shape index (κ2) is 7.64. The summed E-state index contributed by atoms with van der Waals surface area (Å²) in [6, 6.07) is 9.22. The smallest absolute Gasteiger partial charge is 0.205 e. The summed E-state index contributed by atoms with van der Waals surface area (Å²) in [6.45, 7) is 0.0372. The molecule has 1 aromatic carbocycles. The molecule has 148 valence electrons. The monoisotopic (exact) mass is 414 g/mol. The number of carbonyl (C=O) groups is 1. The standard InChI is InChI=1S/C21H16ClFN2O4/c22-14-8-11(23)4-6-16(14)27-10-12-5-7-18(28-12)19-13(9-24)21(25)29-17-3-1-2-15(26)20(17)19/h4-8,19H,1-3,10,25H2. The summed E-state index contributed by atoms with van der Waals surface area (Å²) >= 11 is 5.96. The minimum Gasteiger partial charge on any atom is -0.484 e. The Morgan fingerprint density at radius 1 is 1.31 bits per heavy atom. The lowest BCUT2D eigenvalue weighted by molar-refractivity contribution is -0.116. The number of carbonyl (C=O) groups excluding carboxylic acids is 1. The highest BCUT2D eigenvalue weighted by atomic mass is 35.5. The number of hydrogen-bond acceptors (Lipinski definition) is 6. The molecular weight excluding hydrogens is 399 g/mol. The number of ketones is 1. The van der Waals surface area contributed by atoms with Crippen molar-refractivity contribution in [2.24, 2.45) is 5.73 Å². The van der Waals surface area contributed by atoms with Crippen molar-refractivity contribution >= 4 is 17.4 Å². The van der Waals surface area contributed by atoms with Crippen molar-refractivity contribution in [2.75, 3.05) is 0 Å². The van der Waals surface area contributed by atoms with E-state index in [0.29, 0.717) is 47.9 Å². The van der Waals surface area contributed by atoms with Crippen LogP contribution >= 0.6 is 11.6 Å². The molecule has 2 aromatic rings. The van der Waals surface area contributed by atoms with Gasteiger partial charge in [-0.3, -0.25) is 4.79 Å². The Morgan fingerprint density at radius 3 is 2.90 bits per heavy atom. The number of benzene rings is 1. The summed E-state index contributed by atoms with van der Waals surface area (Å²) in [7, 11) is 0. The SMILES string of the molecule is N#CC1=C(N)OC2=C(C(=O)CCC2)C1c1ccc(COc2ccc(F)cc2Cl)o1. The number of halogens is 2. The fraction of sp³-hybridized carbons (Fsp3) is 0.238. The Morgan fingerprint density at radius 2 is 2.14 bits per heavy atom. The highest BCUT2D eigenvalue weighted by Gasteiger charge is 2.39. The van der Waals surface area contributed by atoms with Gasteiger partial charge in [0, 0.05) is 18.4 Å². The number of nitrogens with zero attached hydrogens (tertiary/aromatic N) is 1. The van der Waals surface area contributed by atoms with E-state index in [9.17, 15) is 14.4 Å². The molecule has 8 heteroatoms. The van der Waals surface area contributed by atoms with E-state index in [0.717, 1.165) is 6.07 Å². The van der Waals surface area contributed by atoms with Gasteiger partial charge < -0.3 is 19.6 Å². The largest absolute Gasteiger partial charge is 0.484 e. The third-order valence-electron chi connectivity index (χ3n) is 4.84. The summed E-state index contributed by atoms with van der Waals surface area (Å²) in [4.78, 5) is 12.5. The maximum Gasteiger partial charge on any atom is 0.205 e. The van der Waals surface area contributed by atoms with Crippen LogP contribution in [0.1, 0.15) is 36.7 Å². The molecule has 4 rings (SSSR count). The molecule has 0 saturated carbocycles. The van der Waals surface area contributed by atoms with Gasteiger partial charge >= 0.3 is 0 Å². The van der Waals surface area contributed by atoms with E-state index in [1.807, 2.05) is 6.07 Å². The van der Waals surface area contributed by atoms with Gasteiger partial charge in [0.25, 0.3) is 0 Å².